The first kappa shape index (κ1) is 12.2. The Hall–Kier alpha value is -0.920. The molecule has 0 atom stereocenters. The lowest BCUT2D eigenvalue weighted by molar-refractivity contribution is -0.109. The van der Waals surface area contributed by atoms with Crippen LogP contribution >= 0.6 is 0 Å². The molecule has 0 aliphatic rings. The summed E-state index contributed by atoms with van der Waals surface area (Å²) >= 11 is 0. The minimum atomic E-state index is -6.30. The normalized spacial score (nSPS) is 15.7. The maximum Gasteiger partial charge on any atom is 0.396 e. The number of sulfone groups is 3. The maximum absolute atomic E-state index is 11.9. The first-order chi connectivity index (χ1) is 6.59. The Morgan fingerprint density at radius 3 is 2.00 bits per heavy atom. The molecular formula is C8H7F3O3S-2. The molecule has 0 aromatic heterocycles. The van der Waals surface area contributed by atoms with Crippen LogP contribution in [0.1, 0.15) is 0 Å². The topological polar surface area (TPSA) is 63.2 Å². The summed E-state index contributed by atoms with van der Waals surface area (Å²) in [6.45, 7) is 0. The van der Waals surface area contributed by atoms with E-state index in [-0.39, 0.29) is 0 Å². The highest BCUT2D eigenvalue weighted by molar-refractivity contribution is 8.10. The Balaban J connectivity index is 3.16. The molecule has 0 fully saturated rings. The summed E-state index contributed by atoms with van der Waals surface area (Å²) in [4.78, 5) is -0.855. The fourth-order valence-corrected chi connectivity index (χ4v) is 2.46. The molecule has 0 aliphatic heterocycles. The van der Waals surface area contributed by atoms with Crippen LogP contribution in [0.25, 0.3) is 0 Å². The molecule has 1 rings (SSSR count). The van der Waals surface area contributed by atoms with Crippen molar-refractivity contribution < 1.29 is 26.5 Å². The number of rotatable bonds is 2. The van der Waals surface area contributed by atoms with Gasteiger partial charge in [-0.1, -0.05) is 18.2 Å². The van der Waals surface area contributed by atoms with Crippen LogP contribution in [0.5, 0.6) is 0 Å². The van der Waals surface area contributed by atoms with Gasteiger partial charge in [-0.3, -0.25) is 0 Å². The zero-order valence-electron chi connectivity index (χ0n) is 7.36. The molecule has 0 bridgehead atoms. The SMILES string of the molecule is O=S([O-])([O-])(CC(F)(F)F)c1ccccc1. The molecule has 15 heavy (non-hydrogen) atoms. The van der Waals surface area contributed by atoms with Crippen LogP contribution in [-0.4, -0.2) is 25.2 Å². The van der Waals surface area contributed by atoms with Crippen LogP contribution < -0.4 is 0 Å². The summed E-state index contributed by atoms with van der Waals surface area (Å²) in [5, 5.41) is 0. The summed E-state index contributed by atoms with van der Waals surface area (Å²) in [6.07, 6.45) is -5.04. The zero-order chi connectivity index (χ0) is 11.8. The van der Waals surface area contributed by atoms with Gasteiger partial charge in [0.1, 0.15) is 0 Å². The minimum Gasteiger partial charge on any atom is -0.795 e. The summed E-state index contributed by atoms with van der Waals surface area (Å²) in [7, 11) is -6.30. The van der Waals surface area contributed by atoms with Crippen molar-refractivity contribution in [1.82, 2.24) is 0 Å². The smallest absolute Gasteiger partial charge is 0.396 e. The van der Waals surface area contributed by atoms with Crippen LogP contribution in [0, 0.1) is 0 Å². The van der Waals surface area contributed by atoms with Gasteiger partial charge in [-0.25, -0.2) is 0 Å². The van der Waals surface area contributed by atoms with E-state index in [1.807, 2.05) is 0 Å². The largest absolute Gasteiger partial charge is 0.795 e. The Bertz CT molecular complexity index is 407. The molecule has 3 nitrogen and oxygen atoms in total. The van der Waals surface area contributed by atoms with Gasteiger partial charge in [0, 0.05) is 0 Å². The van der Waals surface area contributed by atoms with E-state index >= 15 is 0 Å². The van der Waals surface area contributed by atoms with E-state index in [1.54, 1.807) is 0 Å². The van der Waals surface area contributed by atoms with Crippen LogP contribution in [0.3, 0.4) is 0 Å². The van der Waals surface area contributed by atoms with E-state index in [4.69, 9.17) is 0 Å². The van der Waals surface area contributed by atoms with Gasteiger partial charge >= 0.3 is 6.18 Å². The number of halogens is 3. The van der Waals surface area contributed by atoms with Crippen LogP contribution in [0.2, 0.25) is 0 Å². The molecule has 0 unspecified atom stereocenters. The molecule has 7 heteroatoms. The third kappa shape index (κ3) is 3.29. The molecule has 0 N–H and O–H groups in total. The lowest BCUT2D eigenvalue weighted by Gasteiger charge is -2.55. The molecular weight excluding hydrogens is 233 g/mol. The number of alkyl halides is 3. The van der Waals surface area contributed by atoms with Gasteiger partial charge in [0.15, 0.2) is 0 Å². The molecule has 1 aromatic rings. The van der Waals surface area contributed by atoms with Crippen LogP contribution in [0.15, 0.2) is 35.2 Å². The zero-order valence-corrected chi connectivity index (χ0v) is 8.18. The third-order valence-electron chi connectivity index (χ3n) is 1.61. The van der Waals surface area contributed by atoms with Crippen molar-refractivity contribution in [3.05, 3.63) is 30.3 Å². The molecule has 0 spiro atoms. The van der Waals surface area contributed by atoms with Crippen molar-refractivity contribution in [2.45, 2.75) is 11.1 Å². The number of hydrogen-bond acceptors (Lipinski definition) is 3. The lowest BCUT2D eigenvalue weighted by Crippen LogP contribution is -2.42. The summed E-state index contributed by atoms with van der Waals surface area (Å²) in [5.74, 6) is -2.38. The molecule has 0 saturated heterocycles. The second-order valence-corrected chi connectivity index (χ2v) is 5.69. The van der Waals surface area contributed by atoms with E-state index in [9.17, 15) is 26.5 Å². The summed E-state index contributed by atoms with van der Waals surface area (Å²) in [6, 6.07) is 5.48. The fraction of sp³-hybridized carbons (Fsp3) is 0.250. The summed E-state index contributed by atoms with van der Waals surface area (Å²) in [5.41, 5.74) is 0. The van der Waals surface area contributed by atoms with Crippen molar-refractivity contribution in [3.8, 4) is 0 Å². The second-order valence-electron chi connectivity index (χ2n) is 3.02. The van der Waals surface area contributed by atoms with Crippen LogP contribution in [0.4, 0.5) is 13.2 Å². The van der Waals surface area contributed by atoms with Gasteiger partial charge in [-0.05, 0) is 17.0 Å². The van der Waals surface area contributed by atoms with Gasteiger partial charge in [0.05, 0.1) is 5.75 Å². The first-order valence-corrected chi connectivity index (χ1v) is 5.81. The van der Waals surface area contributed by atoms with E-state index in [0.717, 1.165) is 12.1 Å². The van der Waals surface area contributed by atoms with E-state index in [1.165, 1.54) is 18.2 Å². The monoisotopic (exact) mass is 240 g/mol. The first-order valence-electron chi connectivity index (χ1n) is 3.82. The Morgan fingerprint density at radius 1 is 1.13 bits per heavy atom. The maximum atomic E-state index is 11.9. The van der Waals surface area contributed by atoms with Gasteiger partial charge in [-0.2, -0.15) is 22.8 Å². The van der Waals surface area contributed by atoms with Crippen molar-refractivity contribution in [2.24, 2.45) is 0 Å². The van der Waals surface area contributed by atoms with Crippen LogP contribution in [-0.2, 0) is 9.63 Å². The molecule has 1 aromatic carbocycles. The van der Waals surface area contributed by atoms with Crippen molar-refractivity contribution in [3.63, 3.8) is 0 Å². The summed E-state index contributed by atoms with van der Waals surface area (Å²) < 4.78 is 69.2. The quantitative estimate of drug-likeness (QED) is 0.790. The minimum absolute atomic E-state index is 0.848. The fourth-order valence-electron chi connectivity index (χ4n) is 1.05. The average Bonchev–Trinajstić information content (AvgIpc) is 2.00. The van der Waals surface area contributed by atoms with Crippen molar-refractivity contribution >= 4 is 9.63 Å². The molecule has 0 aliphatic carbocycles. The molecule has 0 heterocycles. The molecule has 0 amide bonds. The molecule has 86 valence electrons. The third-order valence-corrected chi connectivity index (χ3v) is 3.62. The number of hydrogen-bond donors (Lipinski definition) is 0. The average molecular weight is 240 g/mol. The van der Waals surface area contributed by atoms with E-state index in [2.05, 4.69) is 0 Å². The Labute approximate surface area is 84.0 Å². The highest BCUT2D eigenvalue weighted by atomic mass is 32.3. The highest BCUT2D eigenvalue weighted by Gasteiger charge is 2.34. The van der Waals surface area contributed by atoms with Gasteiger partial charge in [0.25, 0.3) is 0 Å². The lowest BCUT2D eigenvalue weighted by atomic mass is 10.4. The molecule has 0 saturated carbocycles. The predicted octanol–water partition coefficient (Wildman–Crippen LogP) is 1.69. The molecule has 0 radical (unpaired) electrons. The standard InChI is InChI=1S/C8H9F3O3S/c9-8(10,11)6-15(12,13,14)7-4-2-1-3-5-7/h1-5H,6H2,(H2,12,13,14)/p-2. The highest BCUT2D eigenvalue weighted by Crippen LogP contribution is 2.34. The van der Waals surface area contributed by atoms with Gasteiger partial charge in [-0.15, -0.1) is 0 Å². The van der Waals surface area contributed by atoms with Gasteiger partial charge < -0.3 is 13.3 Å². The van der Waals surface area contributed by atoms with Crippen molar-refractivity contribution in [2.75, 3.05) is 5.75 Å². The second kappa shape index (κ2) is 3.29. The predicted molar refractivity (Wildman–Crippen MR) is 45.3 cm³/mol. The number of benzene rings is 1. The van der Waals surface area contributed by atoms with Gasteiger partial charge in [0.2, 0.25) is 0 Å². The van der Waals surface area contributed by atoms with Crippen molar-refractivity contribution in [1.29, 1.82) is 0 Å². The van der Waals surface area contributed by atoms with E-state index < -0.39 is 26.5 Å². The Morgan fingerprint density at radius 2 is 1.60 bits per heavy atom. The Kier molecular flexibility index (Phi) is 2.67. The van der Waals surface area contributed by atoms with E-state index in [0.29, 0.717) is 0 Å².